The average molecular weight is 380 g/mol. The van der Waals surface area contributed by atoms with Crippen molar-refractivity contribution in [2.24, 2.45) is 0 Å². The molecular weight excluding hydrogens is 367 g/mol. The number of aromatic nitrogens is 2. The normalized spacial score (nSPS) is 11.4. The lowest BCUT2D eigenvalue weighted by molar-refractivity contribution is -0.143. The number of alkyl halides is 3. The molecule has 0 radical (unpaired) electrons. The molecule has 2 aromatic carbocycles. The summed E-state index contributed by atoms with van der Waals surface area (Å²) in [7, 11) is 0. The third-order valence-electron chi connectivity index (χ3n) is 3.58. The number of benzene rings is 2. The number of rotatable bonds is 3. The number of carbonyl (C=O) groups excluding carboxylic acids is 1. The molecule has 0 aliphatic carbocycles. The van der Waals surface area contributed by atoms with Crippen LogP contribution < -0.4 is 5.32 Å². The highest BCUT2D eigenvalue weighted by Crippen LogP contribution is 2.34. The van der Waals surface area contributed by atoms with Crippen LogP contribution in [0.4, 0.5) is 18.9 Å². The maximum atomic E-state index is 13.6. The monoisotopic (exact) mass is 379 g/mol. The van der Waals surface area contributed by atoms with Crippen LogP contribution >= 0.6 is 11.6 Å². The fourth-order valence-electron chi connectivity index (χ4n) is 2.56. The second-order valence-electron chi connectivity index (χ2n) is 5.62. The summed E-state index contributed by atoms with van der Waals surface area (Å²) in [4.78, 5) is 12.4. The van der Waals surface area contributed by atoms with E-state index in [1.165, 1.54) is 18.2 Å². The molecule has 0 fully saturated rings. The van der Waals surface area contributed by atoms with Crippen LogP contribution in [0.3, 0.4) is 0 Å². The Kier molecular flexibility index (Phi) is 4.73. The first-order chi connectivity index (χ1) is 12.3. The predicted octanol–water partition coefficient (Wildman–Crippen LogP) is 5.11. The van der Waals surface area contributed by atoms with E-state index in [1.54, 1.807) is 37.3 Å². The number of hydrogen-bond acceptors (Lipinski definition) is 2. The minimum Gasteiger partial charge on any atom is -0.322 e. The van der Waals surface area contributed by atoms with Gasteiger partial charge in [-0.2, -0.15) is 18.3 Å². The van der Waals surface area contributed by atoms with E-state index in [2.05, 4.69) is 10.4 Å². The largest absolute Gasteiger partial charge is 0.434 e. The van der Waals surface area contributed by atoms with Crippen LogP contribution in [0.25, 0.3) is 5.69 Å². The third-order valence-corrected chi connectivity index (χ3v) is 3.80. The van der Waals surface area contributed by atoms with Gasteiger partial charge in [0, 0.05) is 10.7 Å². The molecule has 134 valence electrons. The molecule has 3 aromatic rings. The number of nitrogens with zero attached hydrogens (tertiary/aromatic N) is 2. The van der Waals surface area contributed by atoms with Gasteiger partial charge in [0.2, 0.25) is 0 Å². The highest BCUT2D eigenvalue weighted by atomic mass is 35.5. The lowest BCUT2D eigenvalue weighted by atomic mass is 10.2. The van der Waals surface area contributed by atoms with Gasteiger partial charge in [-0.1, -0.05) is 29.8 Å². The van der Waals surface area contributed by atoms with Crippen molar-refractivity contribution in [3.8, 4) is 5.69 Å². The number of nitrogens with one attached hydrogen (secondary N) is 1. The van der Waals surface area contributed by atoms with Crippen molar-refractivity contribution < 1.29 is 18.0 Å². The van der Waals surface area contributed by atoms with E-state index < -0.39 is 23.3 Å². The van der Waals surface area contributed by atoms with Crippen molar-refractivity contribution in [3.05, 3.63) is 76.6 Å². The molecule has 0 saturated heterocycles. The van der Waals surface area contributed by atoms with E-state index in [-0.39, 0.29) is 5.69 Å². The van der Waals surface area contributed by atoms with Crippen molar-refractivity contribution in [1.82, 2.24) is 9.78 Å². The Morgan fingerprint density at radius 2 is 1.85 bits per heavy atom. The molecule has 26 heavy (non-hydrogen) atoms. The van der Waals surface area contributed by atoms with Gasteiger partial charge in [-0.05, 0) is 42.8 Å². The van der Waals surface area contributed by atoms with Gasteiger partial charge in [0.05, 0.1) is 17.4 Å². The van der Waals surface area contributed by atoms with Gasteiger partial charge in [-0.3, -0.25) is 4.79 Å². The van der Waals surface area contributed by atoms with E-state index >= 15 is 0 Å². The zero-order chi connectivity index (χ0) is 18.9. The molecule has 0 atom stereocenters. The summed E-state index contributed by atoms with van der Waals surface area (Å²) in [5.41, 5.74) is -0.430. The molecular formula is C18H13ClF3N3O. The number of hydrogen-bond donors (Lipinski definition) is 1. The second kappa shape index (κ2) is 6.84. The summed E-state index contributed by atoms with van der Waals surface area (Å²) < 4.78 is 41.5. The molecule has 1 amide bonds. The highest BCUT2D eigenvalue weighted by molar-refractivity contribution is 6.31. The number of aryl methyl sites for hydroxylation is 1. The fraction of sp³-hybridized carbons (Fsp3) is 0.111. The zero-order valence-corrected chi connectivity index (χ0v) is 14.3. The standard InChI is InChI=1S/C18H13ClF3N3O/c1-11-7-12(19)9-13(8-11)24-17(26)15-10-23-25(16(15)18(20,21)22)14-5-3-2-4-6-14/h2-10H,1H3,(H,24,26). The summed E-state index contributed by atoms with van der Waals surface area (Å²) in [6.45, 7) is 1.76. The van der Waals surface area contributed by atoms with Crippen LogP contribution in [-0.2, 0) is 6.18 Å². The molecule has 8 heteroatoms. The molecule has 3 rings (SSSR count). The Morgan fingerprint density at radius 3 is 2.46 bits per heavy atom. The van der Waals surface area contributed by atoms with Gasteiger partial charge in [0.15, 0.2) is 5.69 Å². The molecule has 0 aliphatic heterocycles. The molecule has 0 unspecified atom stereocenters. The highest BCUT2D eigenvalue weighted by Gasteiger charge is 2.40. The molecule has 0 bridgehead atoms. The summed E-state index contributed by atoms with van der Waals surface area (Å²) in [6, 6.07) is 12.5. The van der Waals surface area contributed by atoms with Gasteiger partial charge in [-0.15, -0.1) is 0 Å². The second-order valence-corrected chi connectivity index (χ2v) is 6.06. The number of halogens is 4. The molecule has 0 aliphatic rings. The van der Waals surface area contributed by atoms with Crippen molar-refractivity contribution >= 4 is 23.2 Å². The number of amides is 1. The Labute approximate surface area is 152 Å². The average Bonchev–Trinajstić information content (AvgIpc) is 3.00. The van der Waals surface area contributed by atoms with Crippen LogP contribution in [0.1, 0.15) is 21.6 Å². The SMILES string of the molecule is Cc1cc(Cl)cc(NC(=O)c2cnn(-c3ccccc3)c2C(F)(F)F)c1. The Balaban J connectivity index is 2.02. The topological polar surface area (TPSA) is 46.9 Å². The van der Waals surface area contributed by atoms with Crippen molar-refractivity contribution in [1.29, 1.82) is 0 Å². The number of para-hydroxylation sites is 1. The first-order valence-corrected chi connectivity index (χ1v) is 7.92. The summed E-state index contributed by atoms with van der Waals surface area (Å²) in [5, 5.41) is 6.57. The Bertz CT molecular complexity index is 932. The van der Waals surface area contributed by atoms with Crippen LogP contribution in [0.15, 0.2) is 54.7 Å². The van der Waals surface area contributed by atoms with Crippen LogP contribution in [-0.4, -0.2) is 15.7 Å². The van der Waals surface area contributed by atoms with Crippen molar-refractivity contribution in [2.75, 3.05) is 5.32 Å². The lowest BCUT2D eigenvalue weighted by Gasteiger charge is -2.13. The zero-order valence-electron chi connectivity index (χ0n) is 13.5. The molecule has 4 nitrogen and oxygen atoms in total. The quantitative estimate of drug-likeness (QED) is 0.687. The van der Waals surface area contributed by atoms with Gasteiger partial charge in [0.1, 0.15) is 0 Å². The van der Waals surface area contributed by atoms with Crippen LogP contribution in [0.2, 0.25) is 5.02 Å². The maximum absolute atomic E-state index is 13.6. The maximum Gasteiger partial charge on any atom is 0.434 e. The minimum atomic E-state index is -4.76. The fourth-order valence-corrected chi connectivity index (χ4v) is 2.85. The molecule has 0 spiro atoms. The third kappa shape index (κ3) is 3.72. The van der Waals surface area contributed by atoms with Gasteiger partial charge >= 0.3 is 6.18 Å². The van der Waals surface area contributed by atoms with Gasteiger partial charge in [-0.25, -0.2) is 4.68 Å². The summed E-state index contributed by atoms with van der Waals surface area (Å²) in [5.74, 6) is -0.916. The van der Waals surface area contributed by atoms with E-state index in [0.29, 0.717) is 15.4 Å². The Hall–Kier alpha value is -2.80. The van der Waals surface area contributed by atoms with Gasteiger partial charge in [0.25, 0.3) is 5.91 Å². The Morgan fingerprint density at radius 1 is 1.15 bits per heavy atom. The first-order valence-electron chi connectivity index (χ1n) is 7.55. The first kappa shape index (κ1) is 18.0. The summed E-state index contributed by atoms with van der Waals surface area (Å²) in [6.07, 6.45) is -3.86. The van der Waals surface area contributed by atoms with E-state index in [1.807, 2.05) is 0 Å². The molecule has 1 aromatic heterocycles. The lowest BCUT2D eigenvalue weighted by Crippen LogP contribution is -2.20. The van der Waals surface area contributed by atoms with E-state index in [4.69, 9.17) is 11.6 Å². The number of carbonyl (C=O) groups is 1. The van der Waals surface area contributed by atoms with Gasteiger partial charge < -0.3 is 5.32 Å². The number of anilines is 1. The summed E-state index contributed by atoms with van der Waals surface area (Å²) >= 11 is 5.92. The van der Waals surface area contributed by atoms with Crippen molar-refractivity contribution in [2.45, 2.75) is 13.1 Å². The molecule has 0 saturated carbocycles. The molecule has 1 N–H and O–H groups in total. The molecule has 1 heterocycles. The minimum absolute atomic E-state index is 0.206. The van der Waals surface area contributed by atoms with Crippen molar-refractivity contribution in [3.63, 3.8) is 0 Å². The van der Waals surface area contributed by atoms with Crippen LogP contribution in [0, 0.1) is 6.92 Å². The van der Waals surface area contributed by atoms with E-state index in [9.17, 15) is 18.0 Å². The van der Waals surface area contributed by atoms with Crippen LogP contribution in [0.5, 0.6) is 0 Å². The smallest absolute Gasteiger partial charge is 0.322 e. The predicted molar refractivity (Wildman–Crippen MR) is 92.7 cm³/mol. The van der Waals surface area contributed by atoms with E-state index in [0.717, 1.165) is 11.8 Å².